The van der Waals surface area contributed by atoms with Gasteiger partial charge in [-0.3, -0.25) is 10.1 Å². The van der Waals surface area contributed by atoms with Gasteiger partial charge in [0.1, 0.15) is 0 Å². The number of non-ortho nitro benzene ring substituents is 1. The Labute approximate surface area is 157 Å². The van der Waals surface area contributed by atoms with Crippen molar-refractivity contribution in [2.45, 2.75) is 18.9 Å². The van der Waals surface area contributed by atoms with Gasteiger partial charge in [0.25, 0.3) is 5.69 Å². The molecule has 7 heteroatoms. The monoisotopic (exact) mass is 408 g/mol. The fourth-order valence-corrected chi connectivity index (χ4v) is 3.14. The van der Waals surface area contributed by atoms with Crippen LogP contribution in [0.15, 0.2) is 36.4 Å². The molecule has 25 heavy (non-hydrogen) atoms. The van der Waals surface area contributed by atoms with Gasteiger partial charge in [0, 0.05) is 18.2 Å². The Bertz CT molecular complexity index is 749. The predicted molar refractivity (Wildman–Crippen MR) is 101 cm³/mol. The highest BCUT2D eigenvalue weighted by molar-refractivity contribution is 8.93. The van der Waals surface area contributed by atoms with Crippen molar-refractivity contribution in [3.8, 4) is 11.5 Å². The molecular weight excluding hydrogens is 388 g/mol. The van der Waals surface area contributed by atoms with Crippen LogP contribution in [0.4, 0.5) is 5.69 Å². The summed E-state index contributed by atoms with van der Waals surface area (Å²) in [7, 11) is 3.27. The Morgan fingerprint density at radius 1 is 1.16 bits per heavy atom. The molecule has 3 rings (SSSR count). The van der Waals surface area contributed by atoms with Crippen LogP contribution < -0.4 is 14.8 Å². The first kappa shape index (κ1) is 19.2. The van der Waals surface area contributed by atoms with Crippen LogP contribution in [0.1, 0.15) is 22.7 Å². The SMILES string of the molecule is Br.COc1cc2c(cc1OC)C(Cc1ccc([N+](=O)[O-])cc1)NCC2. The largest absolute Gasteiger partial charge is 0.493 e. The van der Waals surface area contributed by atoms with Crippen LogP contribution in [0.5, 0.6) is 11.5 Å². The minimum atomic E-state index is -0.380. The Morgan fingerprint density at radius 2 is 1.80 bits per heavy atom. The van der Waals surface area contributed by atoms with Crippen LogP contribution in [0.25, 0.3) is 0 Å². The zero-order chi connectivity index (χ0) is 17.1. The van der Waals surface area contributed by atoms with Crippen molar-refractivity contribution in [1.29, 1.82) is 0 Å². The van der Waals surface area contributed by atoms with Crippen molar-refractivity contribution < 1.29 is 14.4 Å². The zero-order valence-electron chi connectivity index (χ0n) is 14.2. The highest BCUT2D eigenvalue weighted by Crippen LogP contribution is 2.36. The molecule has 0 saturated carbocycles. The molecular formula is C18H21BrN2O4. The topological polar surface area (TPSA) is 73.6 Å². The number of nitrogens with zero attached hydrogens (tertiary/aromatic N) is 1. The number of fused-ring (bicyclic) bond motifs is 1. The lowest BCUT2D eigenvalue weighted by Gasteiger charge is -2.28. The molecule has 0 aliphatic carbocycles. The molecule has 2 aromatic carbocycles. The molecule has 1 atom stereocenters. The second kappa shape index (κ2) is 8.31. The van der Waals surface area contributed by atoms with Gasteiger partial charge in [-0.25, -0.2) is 0 Å². The van der Waals surface area contributed by atoms with Gasteiger partial charge in [-0.15, -0.1) is 17.0 Å². The maximum Gasteiger partial charge on any atom is 0.269 e. The molecule has 0 amide bonds. The summed E-state index contributed by atoms with van der Waals surface area (Å²) in [5.74, 6) is 1.46. The average Bonchev–Trinajstić information content (AvgIpc) is 2.61. The number of halogens is 1. The first-order chi connectivity index (χ1) is 11.6. The lowest BCUT2D eigenvalue weighted by atomic mass is 9.90. The quantitative estimate of drug-likeness (QED) is 0.603. The van der Waals surface area contributed by atoms with Gasteiger partial charge in [-0.2, -0.15) is 0 Å². The van der Waals surface area contributed by atoms with Crippen molar-refractivity contribution in [3.63, 3.8) is 0 Å². The van der Waals surface area contributed by atoms with Gasteiger partial charge in [0.05, 0.1) is 19.1 Å². The van der Waals surface area contributed by atoms with Gasteiger partial charge >= 0.3 is 0 Å². The number of hydrogen-bond acceptors (Lipinski definition) is 5. The molecule has 1 aliphatic heterocycles. The van der Waals surface area contributed by atoms with E-state index >= 15 is 0 Å². The fraction of sp³-hybridized carbons (Fsp3) is 0.333. The Kier molecular flexibility index (Phi) is 6.39. The van der Waals surface area contributed by atoms with Crippen molar-refractivity contribution in [1.82, 2.24) is 5.32 Å². The van der Waals surface area contributed by atoms with E-state index < -0.39 is 0 Å². The summed E-state index contributed by atoms with van der Waals surface area (Å²) in [5, 5.41) is 14.3. The zero-order valence-corrected chi connectivity index (χ0v) is 15.9. The minimum absolute atomic E-state index is 0. The fourth-order valence-electron chi connectivity index (χ4n) is 3.14. The van der Waals surface area contributed by atoms with Crippen LogP contribution in [-0.4, -0.2) is 25.7 Å². The van der Waals surface area contributed by atoms with E-state index in [0.29, 0.717) is 5.75 Å². The minimum Gasteiger partial charge on any atom is -0.493 e. The predicted octanol–water partition coefficient (Wildman–Crippen LogP) is 3.62. The van der Waals surface area contributed by atoms with E-state index in [9.17, 15) is 10.1 Å². The highest BCUT2D eigenvalue weighted by atomic mass is 79.9. The van der Waals surface area contributed by atoms with Gasteiger partial charge in [0.15, 0.2) is 11.5 Å². The number of ether oxygens (including phenoxy) is 2. The number of hydrogen-bond donors (Lipinski definition) is 1. The Morgan fingerprint density at radius 3 is 2.40 bits per heavy atom. The van der Waals surface area contributed by atoms with Gasteiger partial charge in [-0.05, 0) is 48.2 Å². The van der Waals surface area contributed by atoms with Gasteiger partial charge in [0.2, 0.25) is 0 Å². The first-order valence-electron chi connectivity index (χ1n) is 7.84. The van der Waals surface area contributed by atoms with E-state index in [4.69, 9.17) is 9.47 Å². The summed E-state index contributed by atoms with van der Waals surface area (Å²) in [4.78, 5) is 10.4. The third kappa shape index (κ3) is 4.11. The van der Waals surface area contributed by atoms with E-state index in [-0.39, 0.29) is 33.6 Å². The van der Waals surface area contributed by atoms with Crippen LogP contribution >= 0.6 is 17.0 Å². The summed E-state index contributed by atoms with van der Waals surface area (Å²) < 4.78 is 10.8. The molecule has 0 bridgehead atoms. The number of nitrogens with one attached hydrogen (secondary N) is 1. The molecule has 1 unspecified atom stereocenters. The van der Waals surface area contributed by atoms with Crippen molar-refractivity contribution in [2.75, 3.05) is 20.8 Å². The molecule has 0 spiro atoms. The van der Waals surface area contributed by atoms with Crippen LogP contribution in [0.2, 0.25) is 0 Å². The first-order valence-corrected chi connectivity index (χ1v) is 7.84. The maximum absolute atomic E-state index is 10.8. The summed E-state index contributed by atoms with van der Waals surface area (Å²) in [6.45, 7) is 0.889. The van der Waals surface area contributed by atoms with Gasteiger partial charge < -0.3 is 14.8 Å². The molecule has 0 saturated heterocycles. The third-order valence-corrected chi connectivity index (χ3v) is 4.39. The lowest BCUT2D eigenvalue weighted by molar-refractivity contribution is -0.384. The highest BCUT2D eigenvalue weighted by Gasteiger charge is 2.23. The number of nitro groups is 1. The van der Waals surface area contributed by atoms with Gasteiger partial charge in [-0.1, -0.05) is 12.1 Å². The molecule has 0 radical (unpaired) electrons. The average molecular weight is 409 g/mol. The van der Waals surface area contributed by atoms with E-state index in [1.807, 2.05) is 24.3 Å². The third-order valence-electron chi connectivity index (χ3n) is 4.39. The van der Waals surface area contributed by atoms with Crippen molar-refractivity contribution >= 4 is 22.7 Å². The second-order valence-corrected chi connectivity index (χ2v) is 5.79. The number of rotatable bonds is 5. The summed E-state index contributed by atoms with van der Waals surface area (Å²) in [6.07, 6.45) is 1.70. The second-order valence-electron chi connectivity index (χ2n) is 5.79. The Hall–Kier alpha value is -2.12. The molecule has 0 aromatic heterocycles. The summed E-state index contributed by atoms with van der Waals surface area (Å²) in [6, 6.07) is 10.9. The molecule has 2 aromatic rings. The lowest BCUT2D eigenvalue weighted by Crippen LogP contribution is -2.31. The summed E-state index contributed by atoms with van der Waals surface area (Å²) in [5.41, 5.74) is 3.61. The number of benzene rings is 2. The van der Waals surface area contributed by atoms with Crippen molar-refractivity contribution in [3.05, 3.63) is 63.2 Å². The van der Waals surface area contributed by atoms with E-state index in [0.717, 1.165) is 30.7 Å². The molecule has 1 N–H and O–H groups in total. The Balaban J connectivity index is 0.00000225. The van der Waals surface area contributed by atoms with E-state index in [1.165, 1.54) is 11.1 Å². The molecule has 1 heterocycles. The van der Waals surface area contributed by atoms with Crippen LogP contribution in [-0.2, 0) is 12.8 Å². The smallest absolute Gasteiger partial charge is 0.269 e. The van der Waals surface area contributed by atoms with E-state index in [1.54, 1.807) is 26.4 Å². The molecule has 1 aliphatic rings. The number of methoxy groups -OCH3 is 2. The maximum atomic E-state index is 10.8. The normalized spacial score (nSPS) is 15.7. The molecule has 6 nitrogen and oxygen atoms in total. The number of nitro benzene ring substituents is 1. The standard InChI is InChI=1S/C18H20N2O4.BrH/c1-23-17-10-13-7-8-19-16(15(13)11-18(17)24-2)9-12-3-5-14(6-4-12)20(21)22;/h3-6,10-11,16,19H,7-9H2,1-2H3;1H. The summed E-state index contributed by atoms with van der Waals surface area (Å²) >= 11 is 0. The van der Waals surface area contributed by atoms with Crippen LogP contribution in [0.3, 0.4) is 0 Å². The molecule has 0 fully saturated rings. The van der Waals surface area contributed by atoms with E-state index in [2.05, 4.69) is 5.32 Å². The molecule has 134 valence electrons. The van der Waals surface area contributed by atoms with Crippen molar-refractivity contribution in [2.24, 2.45) is 0 Å². The van der Waals surface area contributed by atoms with Crippen LogP contribution in [0, 0.1) is 10.1 Å².